The molecule has 0 bridgehead atoms. The molecule has 0 atom stereocenters. The SMILES string of the molecule is CCCCCn1c(=O)n(CCCN(C(=O)O)C2(c3ccccc3)CC2)c(=O)c2[nH]c(Cl)nc21. The molecule has 1 aliphatic rings. The number of imidazole rings is 1. The van der Waals surface area contributed by atoms with Gasteiger partial charge in [-0.3, -0.25) is 18.8 Å². The number of carbonyl (C=O) groups is 1. The second kappa shape index (κ2) is 9.43. The summed E-state index contributed by atoms with van der Waals surface area (Å²) in [4.78, 5) is 46.5. The quantitative estimate of drug-likeness (QED) is 0.343. The highest BCUT2D eigenvalue weighted by Crippen LogP contribution is 2.51. The number of carboxylic acid groups (broad SMARTS) is 1. The normalized spacial score (nSPS) is 14.5. The van der Waals surface area contributed by atoms with Gasteiger partial charge in [-0.05, 0) is 42.8 Å². The summed E-state index contributed by atoms with van der Waals surface area (Å²) < 4.78 is 2.64. The van der Waals surface area contributed by atoms with Gasteiger partial charge in [0.1, 0.15) is 0 Å². The molecule has 1 saturated carbocycles. The van der Waals surface area contributed by atoms with Crippen LogP contribution in [0.15, 0.2) is 39.9 Å². The second-order valence-corrected chi connectivity index (χ2v) is 8.87. The van der Waals surface area contributed by atoms with Crippen LogP contribution >= 0.6 is 11.6 Å². The highest BCUT2D eigenvalue weighted by Gasteiger charge is 2.51. The number of nitrogens with zero attached hydrogens (tertiary/aromatic N) is 4. The Balaban J connectivity index is 1.58. The first kappa shape index (κ1) is 23.1. The van der Waals surface area contributed by atoms with Gasteiger partial charge < -0.3 is 10.1 Å². The van der Waals surface area contributed by atoms with Gasteiger partial charge in [-0.2, -0.15) is 4.98 Å². The van der Waals surface area contributed by atoms with Gasteiger partial charge in [-0.15, -0.1) is 0 Å². The maximum atomic E-state index is 13.1. The van der Waals surface area contributed by atoms with Crippen molar-refractivity contribution in [2.75, 3.05) is 6.54 Å². The fourth-order valence-corrected chi connectivity index (χ4v) is 4.69. The first-order valence-corrected chi connectivity index (χ1v) is 11.7. The van der Waals surface area contributed by atoms with Crippen molar-refractivity contribution in [3.05, 3.63) is 62.0 Å². The molecule has 0 aliphatic heterocycles. The van der Waals surface area contributed by atoms with Crippen molar-refractivity contribution in [3.63, 3.8) is 0 Å². The molecule has 1 aromatic carbocycles. The molecule has 1 fully saturated rings. The predicted octanol–water partition coefficient (Wildman–Crippen LogP) is 3.79. The van der Waals surface area contributed by atoms with E-state index in [2.05, 4.69) is 16.9 Å². The van der Waals surface area contributed by atoms with Crippen LogP contribution in [0.5, 0.6) is 0 Å². The van der Waals surface area contributed by atoms with Gasteiger partial charge in [-0.25, -0.2) is 9.59 Å². The number of aromatic nitrogens is 4. The van der Waals surface area contributed by atoms with Gasteiger partial charge >= 0.3 is 11.8 Å². The molecule has 0 spiro atoms. The van der Waals surface area contributed by atoms with Crippen LogP contribution in [0.2, 0.25) is 5.28 Å². The molecule has 2 N–H and O–H groups in total. The average Bonchev–Trinajstić information content (AvgIpc) is 3.50. The lowest BCUT2D eigenvalue weighted by molar-refractivity contribution is 0.114. The zero-order valence-corrected chi connectivity index (χ0v) is 19.3. The minimum atomic E-state index is -1.00. The summed E-state index contributed by atoms with van der Waals surface area (Å²) in [6.45, 7) is 2.82. The third-order valence-corrected chi connectivity index (χ3v) is 6.54. The van der Waals surface area contributed by atoms with E-state index in [4.69, 9.17) is 11.6 Å². The van der Waals surface area contributed by atoms with Crippen molar-refractivity contribution in [2.45, 2.75) is 64.1 Å². The zero-order valence-electron chi connectivity index (χ0n) is 18.6. The van der Waals surface area contributed by atoms with E-state index in [0.29, 0.717) is 13.0 Å². The van der Waals surface area contributed by atoms with Crippen LogP contribution in [0, 0.1) is 0 Å². The third-order valence-electron chi connectivity index (χ3n) is 6.36. The summed E-state index contributed by atoms with van der Waals surface area (Å²) in [6, 6.07) is 9.60. The average molecular weight is 474 g/mol. The molecular formula is C23H28ClN5O4. The van der Waals surface area contributed by atoms with Gasteiger partial charge in [-0.1, -0.05) is 50.1 Å². The number of nitrogens with one attached hydrogen (secondary N) is 1. The van der Waals surface area contributed by atoms with Gasteiger partial charge in [0.05, 0.1) is 5.54 Å². The lowest BCUT2D eigenvalue weighted by Gasteiger charge is -2.30. The Kier molecular flexibility index (Phi) is 6.60. The first-order chi connectivity index (χ1) is 15.9. The summed E-state index contributed by atoms with van der Waals surface area (Å²) in [7, 11) is 0. The monoisotopic (exact) mass is 473 g/mol. The summed E-state index contributed by atoms with van der Waals surface area (Å²) >= 11 is 5.99. The number of aromatic amines is 1. The number of aryl methyl sites for hydroxylation is 1. The Morgan fingerprint density at radius 1 is 1.15 bits per heavy atom. The minimum absolute atomic E-state index is 0.0547. The molecule has 10 heteroatoms. The summed E-state index contributed by atoms with van der Waals surface area (Å²) in [6.07, 6.45) is 3.56. The molecule has 2 aromatic heterocycles. The number of H-pyrrole nitrogens is 1. The van der Waals surface area contributed by atoms with Crippen LogP contribution < -0.4 is 11.2 Å². The van der Waals surface area contributed by atoms with Crippen molar-refractivity contribution in [2.24, 2.45) is 0 Å². The molecule has 176 valence electrons. The third kappa shape index (κ3) is 4.42. The smallest absolute Gasteiger partial charge is 0.408 e. The van der Waals surface area contributed by atoms with E-state index in [1.165, 1.54) is 9.47 Å². The molecule has 3 aromatic rings. The maximum absolute atomic E-state index is 13.1. The molecule has 0 radical (unpaired) electrons. The first-order valence-electron chi connectivity index (χ1n) is 11.3. The molecular weight excluding hydrogens is 446 g/mol. The van der Waals surface area contributed by atoms with Crippen LogP contribution in [-0.2, 0) is 18.6 Å². The van der Waals surface area contributed by atoms with Gasteiger partial charge in [0.25, 0.3) is 5.56 Å². The number of fused-ring (bicyclic) bond motifs is 1. The van der Waals surface area contributed by atoms with Gasteiger partial charge in [0.2, 0.25) is 5.28 Å². The predicted molar refractivity (Wildman–Crippen MR) is 126 cm³/mol. The number of hydrogen-bond donors (Lipinski definition) is 2. The fourth-order valence-electron chi connectivity index (χ4n) is 4.52. The zero-order chi connectivity index (χ0) is 23.6. The summed E-state index contributed by atoms with van der Waals surface area (Å²) in [5.74, 6) is 0. The number of benzene rings is 1. The molecule has 4 rings (SSSR count). The number of rotatable bonds is 10. The lowest BCUT2D eigenvalue weighted by atomic mass is 10.0. The largest absolute Gasteiger partial charge is 0.465 e. The fraction of sp³-hybridized carbons (Fsp3) is 0.478. The van der Waals surface area contributed by atoms with E-state index in [1.807, 2.05) is 30.3 Å². The van der Waals surface area contributed by atoms with Crippen LogP contribution in [0.1, 0.15) is 51.0 Å². The number of unbranched alkanes of at least 4 members (excludes halogenated alkanes) is 2. The van der Waals surface area contributed by atoms with Crippen LogP contribution in [0.25, 0.3) is 11.2 Å². The highest BCUT2D eigenvalue weighted by atomic mass is 35.5. The topological polar surface area (TPSA) is 113 Å². The molecule has 9 nitrogen and oxygen atoms in total. The Morgan fingerprint density at radius 3 is 2.48 bits per heavy atom. The molecule has 0 unspecified atom stereocenters. The van der Waals surface area contributed by atoms with Crippen LogP contribution in [-0.4, -0.2) is 41.7 Å². The van der Waals surface area contributed by atoms with Crippen molar-refractivity contribution < 1.29 is 9.90 Å². The molecule has 1 amide bonds. The van der Waals surface area contributed by atoms with E-state index in [0.717, 1.165) is 42.2 Å². The summed E-state index contributed by atoms with van der Waals surface area (Å²) in [5.41, 5.74) is -0.0506. The number of hydrogen-bond acceptors (Lipinski definition) is 4. The van der Waals surface area contributed by atoms with E-state index in [1.54, 1.807) is 0 Å². The Labute approximate surface area is 195 Å². The molecule has 0 saturated heterocycles. The number of halogens is 1. The molecule has 33 heavy (non-hydrogen) atoms. The van der Waals surface area contributed by atoms with Crippen LogP contribution in [0.3, 0.4) is 0 Å². The second-order valence-electron chi connectivity index (χ2n) is 8.51. The van der Waals surface area contributed by atoms with Crippen LogP contribution in [0.4, 0.5) is 4.79 Å². The van der Waals surface area contributed by atoms with E-state index in [9.17, 15) is 19.5 Å². The van der Waals surface area contributed by atoms with E-state index >= 15 is 0 Å². The molecule has 2 heterocycles. The Morgan fingerprint density at radius 2 is 1.85 bits per heavy atom. The number of amides is 1. The van der Waals surface area contributed by atoms with E-state index < -0.39 is 22.9 Å². The Bertz CT molecular complexity index is 1260. The van der Waals surface area contributed by atoms with Crippen molar-refractivity contribution in [1.82, 2.24) is 24.0 Å². The summed E-state index contributed by atoms with van der Waals surface area (Å²) in [5, 5.41) is 9.94. The van der Waals surface area contributed by atoms with Crippen molar-refractivity contribution in [1.29, 1.82) is 0 Å². The Hall–Kier alpha value is -3.07. The highest BCUT2D eigenvalue weighted by molar-refractivity contribution is 6.28. The maximum Gasteiger partial charge on any atom is 0.408 e. The van der Waals surface area contributed by atoms with Gasteiger partial charge in [0, 0.05) is 19.6 Å². The standard InChI is InChI=1S/C23H28ClN5O4/c1-2-3-7-13-27-18-17(25-20(24)26-18)19(30)28(21(27)31)14-8-15-29(22(32)33)23(11-12-23)16-9-5-4-6-10-16/h4-6,9-10H,2-3,7-8,11-15H2,1H3,(H,25,26)(H,32,33). The lowest BCUT2D eigenvalue weighted by Crippen LogP contribution is -2.43. The van der Waals surface area contributed by atoms with Crippen molar-refractivity contribution in [3.8, 4) is 0 Å². The van der Waals surface area contributed by atoms with Crippen molar-refractivity contribution >= 4 is 28.9 Å². The van der Waals surface area contributed by atoms with E-state index in [-0.39, 0.29) is 29.5 Å². The van der Waals surface area contributed by atoms with Gasteiger partial charge in [0.15, 0.2) is 11.2 Å². The molecule has 1 aliphatic carbocycles. The minimum Gasteiger partial charge on any atom is -0.465 e.